The zero-order valence-electron chi connectivity index (χ0n) is 22.0. The van der Waals surface area contributed by atoms with Gasteiger partial charge in [-0.3, -0.25) is 19.4 Å². The molecule has 0 unspecified atom stereocenters. The van der Waals surface area contributed by atoms with Crippen LogP contribution in [0.4, 0.5) is 0 Å². The molecule has 7 heteroatoms. The summed E-state index contributed by atoms with van der Waals surface area (Å²) in [6.07, 6.45) is 31.5. The smallest absolute Gasteiger partial charge is 0.252 e. The normalized spacial score (nSPS) is 11.8. The van der Waals surface area contributed by atoms with Gasteiger partial charge in [-0.2, -0.15) is 0 Å². The number of amides is 3. The summed E-state index contributed by atoms with van der Waals surface area (Å²) in [4.78, 5) is 39.5. The molecule has 0 bridgehead atoms. The summed E-state index contributed by atoms with van der Waals surface area (Å²) in [5, 5.41) is 7.97. The van der Waals surface area contributed by atoms with Crippen LogP contribution in [0, 0.1) is 0 Å². The largest absolute Gasteiger partial charge is 0.353 e. The molecule has 0 aliphatic carbocycles. The summed E-state index contributed by atoms with van der Waals surface area (Å²) in [5.41, 5.74) is 0.464. The summed E-state index contributed by atoms with van der Waals surface area (Å²) in [6, 6.07) is 3.35. The average Bonchev–Trinajstić information content (AvgIpc) is 2.92. The summed E-state index contributed by atoms with van der Waals surface area (Å²) >= 11 is 0. The number of hydrogen-bond donors (Lipinski definition) is 3. The molecule has 0 aliphatic rings. The summed E-state index contributed by atoms with van der Waals surface area (Å²) in [7, 11) is 0. The number of carbonyl (C=O) groups is 3. The highest BCUT2D eigenvalue weighted by Crippen LogP contribution is 1.99. The van der Waals surface area contributed by atoms with Gasteiger partial charge in [0.25, 0.3) is 5.91 Å². The molecule has 1 heterocycles. The number of carbonyl (C=O) groups excluding carboxylic acids is 3. The number of nitrogens with one attached hydrogen (secondary N) is 3. The number of allylic oxidation sites excluding steroid dienone is 10. The SMILES string of the molecule is CCC=CCC=CCC=CCC=CCC=CCCCC(=O)NCC(=O)NCCNC(=O)c1cccnc1. The van der Waals surface area contributed by atoms with Gasteiger partial charge in [0.05, 0.1) is 12.1 Å². The molecule has 1 aromatic heterocycles. The first-order valence-electron chi connectivity index (χ1n) is 13.1. The zero-order chi connectivity index (χ0) is 26.8. The first-order valence-corrected chi connectivity index (χ1v) is 13.1. The highest BCUT2D eigenvalue weighted by atomic mass is 16.2. The van der Waals surface area contributed by atoms with E-state index in [2.05, 4.69) is 88.6 Å². The van der Waals surface area contributed by atoms with Crippen LogP contribution in [0.25, 0.3) is 0 Å². The van der Waals surface area contributed by atoms with Crippen LogP contribution in [0.1, 0.15) is 68.6 Å². The van der Waals surface area contributed by atoms with Gasteiger partial charge in [0.1, 0.15) is 0 Å². The van der Waals surface area contributed by atoms with Gasteiger partial charge >= 0.3 is 0 Å². The Morgan fingerprint density at radius 3 is 1.95 bits per heavy atom. The van der Waals surface area contributed by atoms with Gasteiger partial charge in [-0.15, -0.1) is 0 Å². The monoisotopic (exact) mass is 506 g/mol. The van der Waals surface area contributed by atoms with Crippen molar-refractivity contribution in [3.8, 4) is 0 Å². The Balaban J connectivity index is 1.97. The molecule has 200 valence electrons. The van der Waals surface area contributed by atoms with Gasteiger partial charge in [-0.25, -0.2) is 0 Å². The van der Waals surface area contributed by atoms with Crippen molar-refractivity contribution < 1.29 is 14.4 Å². The van der Waals surface area contributed by atoms with Crippen molar-refractivity contribution in [1.82, 2.24) is 20.9 Å². The van der Waals surface area contributed by atoms with Crippen LogP contribution in [0.5, 0.6) is 0 Å². The first-order chi connectivity index (χ1) is 18.1. The van der Waals surface area contributed by atoms with Crippen molar-refractivity contribution in [3.63, 3.8) is 0 Å². The maximum Gasteiger partial charge on any atom is 0.252 e. The zero-order valence-corrected chi connectivity index (χ0v) is 22.0. The fraction of sp³-hybridized carbons (Fsp3) is 0.400. The molecule has 0 atom stereocenters. The lowest BCUT2D eigenvalue weighted by atomic mass is 10.2. The number of hydrogen-bond acceptors (Lipinski definition) is 4. The topological polar surface area (TPSA) is 100 Å². The van der Waals surface area contributed by atoms with Gasteiger partial charge in [0.15, 0.2) is 0 Å². The van der Waals surface area contributed by atoms with E-state index in [0.29, 0.717) is 18.5 Å². The van der Waals surface area contributed by atoms with Crippen molar-refractivity contribution in [3.05, 3.63) is 90.9 Å². The third-order valence-electron chi connectivity index (χ3n) is 5.03. The Morgan fingerprint density at radius 2 is 1.35 bits per heavy atom. The van der Waals surface area contributed by atoms with Crippen molar-refractivity contribution in [2.24, 2.45) is 0 Å². The number of unbranched alkanes of at least 4 members (excludes halogenated alkanes) is 1. The van der Waals surface area contributed by atoms with Gasteiger partial charge in [-0.05, 0) is 57.1 Å². The molecule has 0 saturated carbocycles. The number of pyridine rings is 1. The molecule has 0 radical (unpaired) electrons. The molecule has 0 aliphatic heterocycles. The molecule has 1 aromatic rings. The van der Waals surface area contributed by atoms with Gasteiger partial charge in [0.2, 0.25) is 11.8 Å². The van der Waals surface area contributed by atoms with E-state index in [4.69, 9.17) is 0 Å². The molecule has 0 spiro atoms. The minimum absolute atomic E-state index is 0.0724. The highest BCUT2D eigenvalue weighted by molar-refractivity contribution is 5.93. The van der Waals surface area contributed by atoms with Crippen LogP contribution < -0.4 is 16.0 Å². The van der Waals surface area contributed by atoms with Crippen LogP contribution in [0.3, 0.4) is 0 Å². The standard InChI is InChI=1S/C30H42N4O3/c1-2-3-4-5-6-7-8-9-10-11-12-13-14-15-16-17-18-21-28(35)34-26-29(36)32-23-24-33-30(37)27-20-19-22-31-25-27/h3-4,6-7,9-10,12-13,15-16,19-20,22,25H,2,5,8,11,14,17-18,21,23-24,26H2,1H3,(H,32,36)(H,33,37)(H,34,35). The first kappa shape index (κ1) is 31.3. The summed E-state index contributed by atoms with van der Waals surface area (Å²) in [6.45, 7) is 2.64. The van der Waals surface area contributed by atoms with E-state index in [1.807, 2.05) is 0 Å². The molecule has 37 heavy (non-hydrogen) atoms. The van der Waals surface area contributed by atoms with E-state index < -0.39 is 0 Å². The molecule has 0 fully saturated rings. The quantitative estimate of drug-likeness (QED) is 0.182. The average molecular weight is 507 g/mol. The minimum atomic E-state index is -0.290. The lowest BCUT2D eigenvalue weighted by Crippen LogP contribution is -2.40. The Hall–Kier alpha value is -3.74. The van der Waals surface area contributed by atoms with E-state index in [0.717, 1.165) is 44.9 Å². The van der Waals surface area contributed by atoms with E-state index in [1.165, 1.54) is 6.20 Å². The van der Waals surface area contributed by atoms with Crippen molar-refractivity contribution in [1.29, 1.82) is 0 Å². The van der Waals surface area contributed by atoms with Crippen LogP contribution >= 0.6 is 0 Å². The number of nitrogens with zero attached hydrogens (tertiary/aromatic N) is 1. The summed E-state index contributed by atoms with van der Waals surface area (Å²) < 4.78 is 0. The van der Waals surface area contributed by atoms with E-state index in [9.17, 15) is 14.4 Å². The fourth-order valence-electron chi connectivity index (χ4n) is 3.06. The number of aromatic nitrogens is 1. The lowest BCUT2D eigenvalue weighted by Gasteiger charge is -2.08. The molecule has 1 rings (SSSR count). The second kappa shape index (κ2) is 22.7. The Kier molecular flexibility index (Phi) is 19.2. The summed E-state index contributed by atoms with van der Waals surface area (Å²) in [5.74, 6) is -0.683. The Labute approximate surface area is 221 Å². The van der Waals surface area contributed by atoms with Crippen LogP contribution in [0.15, 0.2) is 85.3 Å². The Bertz CT molecular complexity index is 918. The second-order valence-corrected chi connectivity index (χ2v) is 8.22. The van der Waals surface area contributed by atoms with Crippen molar-refractivity contribution >= 4 is 17.7 Å². The fourth-order valence-corrected chi connectivity index (χ4v) is 3.06. The molecule has 0 saturated heterocycles. The van der Waals surface area contributed by atoms with E-state index in [-0.39, 0.29) is 30.8 Å². The van der Waals surface area contributed by atoms with E-state index >= 15 is 0 Å². The van der Waals surface area contributed by atoms with Gasteiger partial charge in [0, 0.05) is 31.9 Å². The molecule has 7 nitrogen and oxygen atoms in total. The second-order valence-electron chi connectivity index (χ2n) is 8.22. The Morgan fingerprint density at radius 1 is 0.757 bits per heavy atom. The predicted octanol–water partition coefficient (Wildman–Crippen LogP) is 4.97. The van der Waals surface area contributed by atoms with Crippen molar-refractivity contribution in [2.75, 3.05) is 19.6 Å². The third-order valence-corrected chi connectivity index (χ3v) is 5.03. The van der Waals surface area contributed by atoms with Gasteiger partial charge < -0.3 is 16.0 Å². The predicted molar refractivity (Wildman–Crippen MR) is 151 cm³/mol. The van der Waals surface area contributed by atoms with Crippen LogP contribution in [-0.4, -0.2) is 42.3 Å². The molecule has 3 amide bonds. The van der Waals surface area contributed by atoms with Crippen molar-refractivity contribution in [2.45, 2.75) is 58.3 Å². The maximum atomic E-state index is 11.9. The lowest BCUT2D eigenvalue weighted by molar-refractivity contribution is -0.126. The number of rotatable bonds is 19. The van der Waals surface area contributed by atoms with E-state index in [1.54, 1.807) is 18.3 Å². The molecular weight excluding hydrogens is 464 g/mol. The van der Waals surface area contributed by atoms with Gasteiger partial charge in [-0.1, -0.05) is 67.7 Å². The minimum Gasteiger partial charge on any atom is -0.353 e. The molecular formula is C30H42N4O3. The molecule has 3 N–H and O–H groups in total. The highest BCUT2D eigenvalue weighted by Gasteiger charge is 2.06. The van der Waals surface area contributed by atoms with Crippen LogP contribution in [-0.2, 0) is 9.59 Å². The maximum absolute atomic E-state index is 11.9. The van der Waals surface area contributed by atoms with Crippen LogP contribution in [0.2, 0.25) is 0 Å². The molecule has 0 aromatic carbocycles. The third kappa shape index (κ3) is 19.2.